The van der Waals surface area contributed by atoms with Gasteiger partial charge in [-0.1, -0.05) is 62.0 Å². The molecular formula is C26H36O5. The summed E-state index contributed by atoms with van der Waals surface area (Å²) in [6.45, 7) is 2.07. The Labute approximate surface area is 185 Å². The summed E-state index contributed by atoms with van der Waals surface area (Å²) in [5.41, 5.74) is -0.137. The Balaban J connectivity index is 2.13. The lowest BCUT2D eigenvalue weighted by Crippen LogP contribution is -2.02. The van der Waals surface area contributed by atoms with Gasteiger partial charge >= 0.3 is 0 Å². The number of aliphatic hydroxyl groups excluding tert-OH is 1. The average Bonchev–Trinajstić information content (AvgIpc) is 2.70. The Bertz CT molecular complexity index is 751. The Morgan fingerprint density at radius 2 is 1.39 bits per heavy atom. The molecule has 0 aliphatic carbocycles. The zero-order valence-electron chi connectivity index (χ0n) is 18.4. The van der Waals surface area contributed by atoms with Crippen LogP contribution in [0.4, 0.5) is 0 Å². The molecule has 0 unspecified atom stereocenters. The van der Waals surface area contributed by atoms with Crippen molar-refractivity contribution in [2.24, 2.45) is 0 Å². The average molecular weight is 429 g/mol. The van der Waals surface area contributed by atoms with E-state index in [1.807, 2.05) is 18.2 Å². The van der Waals surface area contributed by atoms with Gasteiger partial charge in [-0.05, 0) is 44.9 Å². The van der Waals surface area contributed by atoms with Crippen molar-refractivity contribution in [1.29, 1.82) is 0 Å². The van der Waals surface area contributed by atoms with Gasteiger partial charge < -0.3 is 20.4 Å². The molecule has 0 heterocycles. The van der Waals surface area contributed by atoms with Crippen LogP contribution >= 0.6 is 0 Å². The highest BCUT2D eigenvalue weighted by Crippen LogP contribution is 2.33. The number of carbonyl (C=O) groups is 1. The standard InChI is InChI=1S/C26H36O5/c1-2-16-21(27)17-14-12-10-8-6-4-3-5-7-9-11-13-15-18-23(29)26-24(30)19-22(28)20-25(26)31/h3,5-6,8-9,11-12,14,19-21,27-28,30-31H,2,4,7,10,13,15-18H2,1H3/t21-/m0/s1. The van der Waals surface area contributed by atoms with Crippen LogP contribution in [0, 0.1) is 0 Å². The second-order valence-corrected chi connectivity index (χ2v) is 7.45. The van der Waals surface area contributed by atoms with E-state index in [0.717, 1.165) is 57.1 Å². The molecule has 0 saturated carbocycles. The van der Waals surface area contributed by atoms with Crippen molar-refractivity contribution >= 4 is 5.78 Å². The van der Waals surface area contributed by atoms with Gasteiger partial charge in [-0.25, -0.2) is 0 Å². The first-order chi connectivity index (χ1) is 15.0. The fraction of sp³-hybridized carbons (Fsp3) is 0.423. The predicted molar refractivity (Wildman–Crippen MR) is 126 cm³/mol. The van der Waals surface area contributed by atoms with Crippen molar-refractivity contribution in [3.8, 4) is 17.2 Å². The first-order valence-corrected chi connectivity index (χ1v) is 11.0. The molecule has 0 aliphatic heterocycles. The number of unbranched alkanes of at least 4 members (excludes halogenated alkanes) is 1. The topological polar surface area (TPSA) is 98.0 Å². The van der Waals surface area contributed by atoms with Crippen molar-refractivity contribution in [2.75, 3.05) is 0 Å². The van der Waals surface area contributed by atoms with E-state index in [0.29, 0.717) is 6.42 Å². The summed E-state index contributed by atoms with van der Waals surface area (Å²) >= 11 is 0. The lowest BCUT2D eigenvalue weighted by atomic mass is 10.0. The van der Waals surface area contributed by atoms with Gasteiger partial charge in [0.25, 0.3) is 0 Å². The van der Waals surface area contributed by atoms with Gasteiger partial charge in [0.15, 0.2) is 5.78 Å². The summed E-state index contributed by atoms with van der Waals surface area (Å²) in [4.78, 5) is 12.1. The number of hydrogen-bond donors (Lipinski definition) is 4. The van der Waals surface area contributed by atoms with E-state index in [9.17, 15) is 25.2 Å². The monoisotopic (exact) mass is 428 g/mol. The third-order valence-corrected chi connectivity index (χ3v) is 4.65. The third-order valence-electron chi connectivity index (χ3n) is 4.65. The highest BCUT2D eigenvalue weighted by molar-refractivity contribution is 6.01. The quantitative estimate of drug-likeness (QED) is 0.154. The van der Waals surface area contributed by atoms with Crippen molar-refractivity contribution in [1.82, 2.24) is 0 Å². The maximum Gasteiger partial charge on any atom is 0.170 e. The molecule has 170 valence electrons. The van der Waals surface area contributed by atoms with Crippen LogP contribution in [0.1, 0.15) is 75.1 Å². The first-order valence-electron chi connectivity index (χ1n) is 11.0. The first kappa shape index (κ1) is 26.2. The molecule has 0 aliphatic rings. The fourth-order valence-electron chi connectivity index (χ4n) is 3.02. The van der Waals surface area contributed by atoms with Crippen molar-refractivity contribution in [3.05, 3.63) is 66.3 Å². The molecule has 0 bridgehead atoms. The normalized spacial score (nSPS) is 13.2. The Kier molecular flexibility index (Phi) is 13.5. The molecule has 0 spiro atoms. The minimum Gasteiger partial charge on any atom is -0.508 e. The number of phenolic OH excluding ortho intramolecular Hbond substituents is 3. The number of ketones is 1. The molecule has 1 rings (SSSR count). The number of rotatable bonds is 15. The summed E-state index contributed by atoms with van der Waals surface area (Å²) in [6.07, 6.45) is 23.1. The highest BCUT2D eigenvalue weighted by atomic mass is 16.3. The largest absolute Gasteiger partial charge is 0.508 e. The third kappa shape index (κ3) is 11.8. The molecule has 1 aromatic carbocycles. The molecule has 0 fully saturated rings. The van der Waals surface area contributed by atoms with E-state index < -0.39 is 11.5 Å². The van der Waals surface area contributed by atoms with E-state index in [4.69, 9.17) is 0 Å². The molecule has 0 radical (unpaired) electrons. The van der Waals surface area contributed by atoms with Crippen molar-refractivity contribution in [3.63, 3.8) is 0 Å². The van der Waals surface area contributed by atoms with Crippen LogP contribution in [0.5, 0.6) is 17.2 Å². The maximum absolute atomic E-state index is 12.1. The number of allylic oxidation sites excluding steroid dienone is 7. The SMILES string of the molecule is CCC[C@H](O)CC=CCC=CCC=CCC=CCCCC(=O)c1c(O)cc(O)cc1O. The van der Waals surface area contributed by atoms with Crippen LogP contribution in [0.25, 0.3) is 0 Å². The fourth-order valence-corrected chi connectivity index (χ4v) is 3.02. The van der Waals surface area contributed by atoms with Gasteiger partial charge in [0.05, 0.1) is 6.10 Å². The predicted octanol–water partition coefficient (Wildman–Crippen LogP) is 6.10. The van der Waals surface area contributed by atoms with E-state index in [1.54, 1.807) is 0 Å². The van der Waals surface area contributed by atoms with Crippen molar-refractivity contribution < 1.29 is 25.2 Å². The number of benzene rings is 1. The van der Waals surface area contributed by atoms with Gasteiger partial charge in [-0.3, -0.25) is 4.79 Å². The summed E-state index contributed by atoms with van der Waals surface area (Å²) < 4.78 is 0. The number of hydrogen-bond acceptors (Lipinski definition) is 5. The van der Waals surface area contributed by atoms with E-state index in [2.05, 4.69) is 37.3 Å². The number of Topliss-reactive ketones (excluding diaryl/α,β-unsaturated/α-hetero) is 1. The Hall–Kier alpha value is -2.79. The van der Waals surface area contributed by atoms with E-state index >= 15 is 0 Å². The molecule has 0 aromatic heterocycles. The Morgan fingerprint density at radius 3 is 1.94 bits per heavy atom. The number of aliphatic hydroxyl groups is 1. The highest BCUT2D eigenvalue weighted by Gasteiger charge is 2.16. The van der Waals surface area contributed by atoms with Gasteiger partial charge in [0, 0.05) is 18.6 Å². The number of phenols is 3. The molecule has 5 heteroatoms. The second-order valence-electron chi connectivity index (χ2n) is 7.45. The van der Waals surface area contributed by atoms with Crippen LogP contribution in [-0.4, -0.2) is 32.3 Å². The van der Waals surface area contributed by atoms with Crippen LogP contribution in [0.2, 0.25) is 0 Å². The lowest BCUT2D eigenvalue weighted by molar-refractivity contribution is 0.0975. The summed E-state index contributed by atoms with van der Waals surface area (Å²) in [5, 5.41) is 38.3. The zero-order chi connectivity index (χ0) is 22.9. The molecule has 1 aromatic rings. The lowest BCUT2D eigenvalue weighted by Gasteiger charge is -2.06. The molecule has 31 heavy (non-hydrogen) atoms. The summed E-state index contributed by atoms with van der Waals surface area (Å²) in [6, 6.07) is 2.09. The summed E-state index contributed by atoms with van der Waals surface area (Å²) in [5.74, 6) is -1.44. The summed E-state index contributed by atoms with van der Waals surface area (Å²) in [7, 11) is 0. The van der Waals surface area contributed by atoms with Gasteiger partial charge in [-0.15, -0.1) is 0 Å². The van der Waals surface area contributed by atoms with Crippen LogP contribution in [-0.2, 0) is 0 Å². The van der Waals surface area contributed by atoms with Gasteiger partial charge in [0.2, 0.25) is 0 Å². The Morgan fingerprint density at radius 1 is 0.871 bits per heavy atom. The van der Waals surface area contributed by atoms with Crippen molar-refractivity contribution in [2.45, 2.75) is 70.8 Å². The molecule has 5 nitrogen and oxygen atoms in total. The van der Waals surface area contributed by atoms with Crippen LogP contribution < -0.4 is 0 Å². The van der Waals surface area contributed by atoms with E-state index in [-0.39, 0.29) is 29.6 Å². The zero-order valence-corrected chi connectivity index (χ0v) is 18.4. The minimum absolute atomic E-state index is 0.137. The molecule has 1 atom stereocenters. The molecule has 0 amide bonds. The number of carbonyl (C=O) groups excluding carboxylic acids is 1. The van der Waals surface area contributed by atoms with Crippen LogP contribution in [0.15, 0.2) is 60.7 Å². The smallest absolute Gasteiger partial charge is 0.170 e. The molecular weight excluding hydrogens is 392 g/mol. The number of aromatic hydroxyl groups is 3. The van der Waals surface area contributed by atoms with Crippen LogP contribution in [0.3, 0.4) is 0 Å². The second kappa shape index (κ2) is 16.0. The van der Waals surface area contributed by atoms with E-state index in [1.165, 1.54) is 0 Å². The maximum atomic E-state index is 12.1. The minimum atomic E-state index is -0.404. The molecule has 0 saturated heterocycles. The van der Waals surface area contributed by atoms with Gasteiger partial charge in [-0.2, -0.15) is 0 Å². The van der Waals surface area contributed by atoms with Gasteiger partial charge in [0.1, 0.15) is 22.8 Å². The molecule has 4 N–H and O–H groups in total.